The number of methoxy groups -OCH3 is 1. The predicted octanol–water partition coefficient (Wildman–Crippen LogP) is 1.95. The van der Waals surface area contributed by atoms with Crippen LogP contribution in [0, 0.1) is 0 Å². The zero-order chi connectivity index (χ0) is 10.7. The first-order valence-corrected chi connectivity index (χ1v) is 4.70. The second-order valence-corrected chi connectivity index (χ2v) is 3.28. The van der Waals surface area contributed by atoms with Gasteiger partial charge in [-0.05, 0) is 17.7 Å². The third-order valence-corrected chi connectivity index (χ3v) is 2.29. The number of carbonyl (C=O) groups is 1. The summed E-state index contributed by atoms with van der Waals surface area (Å²) in [4.78, 5) is 14.6. The normalized spacial score (nSPS) is 19.3. The fraction of sp³-hybridized carbons (Fsp3) is 0.167. The summed E-state index contributed by atoms with van der Waals surface area (Å²) in [5, 5.41) is 0. The van der Waals surface area contributed by atoms with Crippen LogP contribution in [0.4, 0.5) is 0 Å². The number of allylic oxidation sites excluding steroid dienone is 1. The number of hydrogen-bond donors (Lipinski definition) is 0. The van der Waals surface area contributed by atoms with E-state index in [2.05, 4.69) is 4.99 Å². The van der Waals surface area contributed by atoms with E-state index in [-0.39, 0.29) is 11.8 Å². The Balaban J connectivity index is 2.26. The van der Waals surface area contributed by atoms with Gasteiger partial charge >= 0.3 is 0 Å². The summed E-state index contributed by atoms with van der Waals surface area (Å²) in [6.45, 7) is 0. The zero-order valence-electron chi connectivity index (χ0n) is 8.38. The molecule has 3 heteroatoms. The van der Waals surface area contributed by atoms with Crippen LogP contribution in [0.15, 0.2) is 41.4 Å². The van der Waals surface area contributed by atoms with E-state index in [9.17, 15) is 4.79 Å². The molecule has 1 heterocycles. The molecule has 0 N–H and O–H groups in total. The highest BCUT2D eigenvalue weighted by Gasteiger charge is 2.10. The van der Waals surface area contributed by atoms with Gasteiger partial charge in [0.05, 0.1) is 7.11 Å². The molecule has 1 amide bonds. The van der Waals surface area contributed by atoms with Crippen LogP contribution in [0.25, 0.3) is 0 Å². The number of ether oxygens (including phenoxy) is 1. The van der Waals surface area contributed by atoms with Crippen molar-refractivity contribution in [2.24, 2.45) is 4.99 Å². The number of hydrogen-bond acceptors (Lipinski definition) is 2. The van der Waals surface area contributed by atoms with E-state index in [1.807, 2.05) is 30.3 Å². The lowest BCUT2D eigenvalue weighted by Gasteiger charge is -2.11. The average molecular weight is 201 g/mol. The van der Waals surface area contributed by atoms with E-state index in [4.69, 9.17) is 4.74 Å². The van der Waals surface area contributed by atoms with Gasteiger partial charge in [-0.25, -0.2) is 4.99 Å². The largest absolute Gasteiger partial charge is 0.497 e. The number of benzene rings is 1. The summed E-state index contributed by atoms with van der Waals surface area (Å²) in [6, 6.07) is 7.74. The lowest BCUT2D eigenvalue weighted by Crippen LogP contribution is -2.04. The molecule has 1 aromatic carbocycles. The van der Waals surface area contributed by atoms with Gasteiger partial charge in [0, 0.05) is 18.2 Å². The molecule has 0 saturated carbocycles. The fourth-order valence-electron chi connectivity index (χ4n) is 1.48. The lowest BCUT2D eigenvalue weighted by atomic mass is 9.98. The summed E-state index contributed by atoms with van der Waals surface area (Å²) in [5.74, 6) is 0.679. The van der Waals surface area contributed by atoms with Crippen LogP contribution in [-0.4, -0.2) is 19.2 Å². The Kier molecular flexibility index (Phi) is 2.63. The van der Waals surface area contributed by atoms with Crippen molar-refractivity contribution >= 4 is 12.1 Å². The Morgan fingerprint density at radius 3 is 2.93 bits per heavy atom. The van der Waals surface area contributed by atoms with E-state index < -0.39 is 0 Å². The summed E-state index contributed by atoms with van der Waals surface area (Å²) in [7, 11) is 1.63. The average Bonchev–Trinajstić information content (AvgIpc) is 2.30. The van der Waals surface area contributed by atoms with E-state index in [0.717, 1.165) is 11.3 Å². The van der Waals surface area contributed by atoms with Crippen LogP contribution in [-0.2, 0) is 4.79 Å². The molecule has 2 rings (SSSR count). The summed E-state index contributed by atoms with van der Waals surface area (Å²) in [5.41, 5.74) is 1.07. The van der Waals surface area contributed by atoms with Crippen molar-refractivity contribution in [1.29, 1.82) is 0 Å². The molecule has 0 aliphatic carbocycles. The van der Waals surface area contributed by atoms with Crippen LogP contribution < -0.4 is 4.74 Å². The van der Waals surface area contributed by atoms with Crippen LogP contribution in [0.1, 0.15) is 11.5 Å². The van der Waals surface area contributed by atoms with Crippen molar-refractivity contribution in [3.63, 3.8) is 0 Å². The Labute approximate surface area is 88.1 Å². The Bertz CT molecular complexity index is 419. The molecule has 3 nitrogen and oxygen atoms in total. The maximum absolute atomic E-state index is 10.9. The molecule has 0 spiro atoms. The fourth-order valence-corrected chi connectivity index (χ4v) is 1.48. The number of carbonyl (C=O) groups excluding carboxylic acids is 1. The smallest absolute Gasteiger partial charge is 0.269 e. The van der Waals surface area contributed by atoms with Gasteiger partial charge in [0.2, 0.25) is 0 Å². The van der Waals surface area contributed by atoms with Crippen LogP contribution >= 0.6 is 0 Å². The molecule has 1 aliphatic heterocycles. The Hall–Kier alpha value is -1.90. The van der Waals surface area contributed by atoms with Crippen LogP contribution in [0.3, 0.4) is 0 Å². The monoisotopic (exact) mass is 201 g/mol. The first-order valence-electron chi connectivity index (χ1n) is 4.70. The van der Waals surface area contributed by atoms with E-state index in [0.29, 0.717) is 0 Å². The van der Waals surface area contributed by atoms with E-state index in [1.165, 1.54) is 6.08 Å². The molecule has 15 heavy (non-hydrogen) atoms. The first-order chi connectivity index (χ1) is 7.29. The molecule has 0 fully saturated rings. The number of dihydropyridines is 1. The second kappa shape index (κ2) is 4.09. The van der Waals surface area contributed by atoms with Crippen molar-refractivity contribution in [2.75, 3.05) is 7.11 Å². The van der Waals surface area contributed by atoms with Crippen molar-refractivity contribution in [2.45, 2.75) is 5.92 Å². The first kappa shape index (κ1) is 9.65. The molecule has 0 radical (unpaired) electrons. The standard InChI is InChI=1S/C12H11NO2/c1-15-11-4-2-3-9(7-11)10-5-6-12(14)13-8-10/h2-8,10H,1H3. The number of rotatable bonds is 2. The molecule has 1 atom stereocenters. The topological polar surface area (TPSA) is 38.7 Å². The maximum atomic E-state index is 10.9. The maximum Gasteiger partial charge on any atom is 0.269 e. The van der Waals surface area contributed by atoms with Crippen LogP contribution in [0.5, 0.6) is 5.75 Å². The van der Waals surface area contributed by atoms with Crippen molar-refractivity contribution in [1.82, 2.24) is 0 Å². The van der Waals surface area contributed by atoms with Gasteiger partial charge in [-0.2, -0.15) is 0 Å². The lowest BCUT2D eigenvalue weighted by molar-refractivity contribution is -0.113. The summed E-state index contributed by atoms with van der Waals surface area (Å²) < 4.78 is 5.13. The molecule has 0 aromatic heterocycles. The van der Waals surface area contributed by atoms with Gasteiger partial charge in [0.15, 0.2) is 0 Å². The minimum atomic E-state index is -0.200. The number of amides is 1. The van der Waals surface area contributed by atoms with Crippen LogP contribution in [0.2, 0.25) is 0 Å². The van der Waals surface area contributed by atoms with Crippen molar-refractivity contribution < 1.29 is 9.53 Å². The van der Waals surface area contributed by atoms with Gasteiger partial charge in [0.1, 0.15) is 5.75 Å². The van der Waals surface area contributed by atoms with Crippen molar-refractivity contribution in [3.05, 3.63) is 42.0 Å². The third-order valence-electron chi connectivity index (χ3n) is 2.29. The molecule has 1 aromatic rings. The van der Waals surface area contributed by atoms with Gasteiger partial charge < -0.3 is 4.74 Å². The molecular weight excluding hydrogens is 190 g/mol. The Morgan fingerprint density at radius 1 is 1.40 bits per heavy atom. The molecule has 76 valence electrons. The molecule has 1 unspecified atom stereocenters. The quantitative estimate of drug-likeness (QED) is 0.733. The second-order valence-electron chi connectivity index (χ2n) is 3.28. The molecule has 0 bridgehead atoms. The summed E-state index contributed by atoms with van der Waals surface area (Å²) in [6.07, 6.45) is 4.98. The van der Waals surface area contributed by atoms with E-state index >= 15 is 0 Å². The molecule has 0 saturated heterocycles. The van der Waals surface area contributed by atoms with Gasteiger partial charge in [-0.1, -0.05) is 18.2 Å². The van der Waals surface area contributed by atoms with Crippen molar-refractivity contribution in [3.8, 4) is 5.75 Å². The van der Waals surface area contributed by atoms with Gasteiger partial charge in [-0.15, -0.1) is 0 Å². The third kappa shape index (κ3) is 2.13. The number of aliphatic imine (C=N–C) groups is 1. The molecular formula is C12H11NO2. The SMILES string of the molecule is COc1cccc(C2C=CC(=O)N=C2)c1. The molecule has 1 aliphatic rings. The van der Waals surface area contributed by atoms with E-state index in [1.54, 1.807) is 13.3 Å². The minimum Gasteiger partial charge on any atom is -0.497 e. The van der Waals surface area contributed by atoms with Gasteiger partial charge in [-0.3, -0.25) is 4.79 Å². The predicted molar refractivity (Wildman–Crippen MR) is 58.4 cm³/mol. The highest BCUT2D eigenvalue weighted by molar-refractivity contribution is 5.98. The zero-order valence-corrected chi connectivity index (χ0v) is 8.38. The minimum absolute atomic E-state index is 0.0674. The van der Waals surface area contributed by atoms with Gasteiger partial charge in [0.25, 0.3) is 5.91 Å². The number of nitrogens with zero attached hydrogens (tertiary/aromatic N) is 1. The highest BCUT2D eigenvalue weighted by atomic mass is 16.5. The highest BCUT2D eigenvalue weighted by Crippen LogP contribution is 2.22. The Morgan fingerprint density at radius 2 is 2.27 bits per heavy atom. The summed E-state index contributed by atoms with van der Waals surface area (Å²) >= 11 is 0.